The van der Waals surface area contributed by atoms with E-state index in [0.29, 0.717) is 0 Å². The number of furan rings is 1. The number of halogens is 1. The molecule has 0 aliphatic rings. The zero-order chi connectivity index (χ0) is 11.8. The van der Waals surface area contributed by atoms with Gasteiger partial charge in [-0.1, -0.05) is 41.4 Å². The molecule has 3 rings (SSSR count). The van der Waals surface area contributed by atoms with Gasteiger partial charge in [0.05, 0.1) is 6.26 Å². The molecule has 0 radical (unpaired) electrons. The highest BCUT2D eigenvalue weighted by Crippen LogP contribution is 2.31. The van der Waals surface area contributed by atoms with Crippen molar-refractivity contribution >= 4 is 37.7 Å². The van der Waals surface area contributed by atoms with Crippen molar-refractivity contribution in [3.05, 3.63) is 46.6 Å². The average Bonchev–Trinajstić information content (AvgIpc) is 2.73. The molecule has 0 aliphatic heterocycles. The first-order chi connectivity index (χ1) is 8.29. The molecule has 0 spiro atoms. The molecule has 0 fully saturated rings. The fraction of sp³-hybridized carbons (Fsp3) is 0.200. The summed E-state index contributed by atoms with van der Waals surface area (Å²) < 4.78 is 6.74. The highest BCUT2D eigenvalue weighted by Gasteiger charge is 2.09. The van der Waals surface area contributed by atoms with Crippen molar-refractivity contribution in [1.29, 1.82) is 0 Å². The van der Waals surface area contributed by atoms with E-state index >= 15 is 0 Å². The quantitative estimate of drug-likeness (QED) is 0.624. The van der Waals surface area contributed by atoms with Crippen LogP contribution < -0.4 is 0 Å². The molecule has 0 saturated heterocycles. The van der Waals surface area contributed by atoms with Crippen molar-refractivity contribution < 1.29 is 4.42 Å². The zero-order valence-corrected chi connectivity index (χ0v) is 11.3. The maximum absolute atomic E-state index is 5.63. The maximum Gasteiger partial charge on any atom is 0.134 e. The predicted octanol–water partition coefficient (Wildman–Crippen LogP) is 5.30. The standard InChI is InChI=1S/C15H13BrO/c1-2-3-11-9-17-14-7-4-10-8-12(16)5-6-13(10)15(11)14/h4-9H,2-3H2,1H3. The molecule has 0 unspecified atom stereocenters. The van der Waals surface area contributed by atoms with Gasteiger partial charge in [-0.2, -0.15) is 0 Å². The van der Waals surface area contributed by atoms with Crippen LogP contribution in [0.1, 0.15) is 18.9 Å². The van der Waals surface area contributed by atoms with Crippen LogP contribution in [0.15, 0.2) is 45.5 Å². The molecule has 1 heterocycles. The van der Waals surface area contributed by atoms with Gasteiger partial charge in [-0.3, -0.25) is 0 Å². The molecule has 0 amide bonds. The number of aryl methyl sites for hydroxylation is 1. The third-order valence-corrected chi connectivity index (χ3v) is 3.61. The van der Waals surface area contributed by atoms with Crippen LogP contribution in [0.2, 0.25) is 0 Å². The minimum atomic E-state index is 0.989. The van der Waals surface area contributed by atoms with Crippen LogP contribution in [0.4, 0.5) is 0 Å². The summed E-state index contributed by atoms with van der Waals surface area (Å²) in [6.45, 7) is 2.19. The van der Waals surface area contributed by atoms with Crippen molar-refractivity contribution in [1.82, 2.24) is 0 Å². The van der Waals surface area contributed by atoms with E-state index < -0.39 is 0 Å². The molecule has 0 bridgehead atoms. The fourth-order valence-electron chi connectivity index (χ4n) is 2.36. The Labute approximate surface area is 109 Å². The number of fused-ring (bicyclic) bond motifs is 3. The monoisotopic (exact) mass is 288 g/mol. The van der Waals surface area contributed by atoms with Crippen LogP contribution in [0.5, 0.6) is 0 Å². The summed E-state index contributed by atoms with van der Waals surface area (Å²) in [5, 5.41) is 3.81. The summed E-state index contributed by atoms with van der Waals surface area (Å²) in [4.78, 5) is 0. The second kappa shape index (κ2) is 4.19. The highest BCUT2D eigenvalue weighted by atomic mass is 79.9. The first kappa shape index (κ1) is 10.8. The lowest BCUT2D eigenvalue weighted by molar-refractivity contribution is 0.609. The van der Waals surface area contributed by atoms with E-state index in [2.05, 4.69) is 53.2 Å². The van der Waals surface area contributed by atoms with Gasteiger partial charge in [0, 0.05) is 9.86 Å². The first-order valence-electron chi connectivity index (χ1n) is 5.88. The normalized spacial score (nSPS) is 11.4. The van der Waals surface area contributed by atoms with Gasteiger partial charge in [-0.25, -0.2) is 0 Å². The Kier molecular flexibility index (Phi) is 2.67. The first-order valence-corrected chi connectivity index (χ1v) is 6.67. The minimum absolute atomic E-state index is 0.989. The second-order valence-corrected chi connectivity index (χ2v) is 5.23. The van der Waals surface area contributed by atoms with Gasteiger partial charge in [-0.15, -0.1) is 0 Å². The van der Waals surface area contributed by atoms with Crippen LogP contribution in [-0.2, 0) is 6.42 Å². The van der Waals surface area contributed by atoms with E-state index in [0.717, 1.165) is 22.9 Å². The Bertz CT molecular complexity index is 682. The summed E-state index contributed by atoms with van der Waals surface area (Å²) >= 11 is 3.51. The van der Waals surface area contributed by atoms with Crippen LogP contribution in [-0.4, -0.2) is 0 Å². The van der Waals surface area contributed by atoms with Crippen molar-refractivity contribution in [2.75, 3.05) is 0 Å². The number of rotatable bonds is 2. The lowest BCUT2D eigenvalue weighted by atomic mass is 10.0. The Hall–Kier alpha value is -1.28. The third kappa shape index (κ3) is 1.77. The summed E-state index contributed by atoms with van der Waals surface area (Å²) in [6.07, 6.45) is 4.11. The van der Waals surface area contributed by atoms with Crippen LogP contribution in [0.25, 0.3) is 21.7 Å². The van der Waals surface area contributed by atoms with Crippen molar-refractivity contribution in [3.8, 4) is 0 Å². The third-order valence-electron chi connectivity index (χ3n) is 3.11. The van der Waals surface area contributed by atoms with Gasteiger partial charge in [-0.05, 0) is 41.0 Å². The Morgan fingerprint density at radius 2 is 2.06 bits per heavy atom. The molecule has 1 nitrogen and oxygen atoms in total. The van der Waals surface area contributed by atoms with Crippen LogP contribution in [0, 0.1) is 0 Å². The number of benzene rings is 2. The molecule has 0 atom stereocenters. The maximum atomic E-state index is 5.63. The van der Waals surface area contributed by atoms with Gasteiger partial charge in [0.15, 0.2) is 0 Å². The smallest absolute Gasteiger partial charge is 0.134 e. The SMILES string of the molecule is CCCc1coc2ccc3cc(Br)ccc3c12. The van der Waals surface area contributed by atoms with E-state index in [-0.39, 0.29) is 0 Å². The highest BCUT2D eigenvalue weighted by molar-refractivity contribution is 9.10. The number of hydrogen-bond acceptors (Lipinski definition) is 1. The Morgan fingerprint density at radius 1 is 1.18 bits per heavy atom. The summed E-state index contributed by atoms with van der Waals surface area (Å²) in [7, 11) is 0. The molecule has 2 aromatic carbocycles. The van der Waals surface area contributed by atoms with Crippen molar-refractivity contribution in [2.24, 2.45) is 0 Å². The van der Waals surface area contributed by atoms with Crippen molar-refractivity contribution in [3.63, 3.8) is 0 Å². The molecular weight excluding hydrogens is 276 g/mol. The van der Waals surface area contributed by atoms with Gasteiger partial charge in [0.25, 0.3) is 0 Å². The second-order valence-electron chi connectivity index (χ2n) is 4.32. The summed E-state index contributed by atoms with van der Waals surface area (Å²) in [5.41, 5.74) is 2.30. The van der Waals surface area contributed by atoms with E-state index in [1.807, 2.05) is 6.26 Å². The largest absolute Gasteiger partial charge is 0.464 e. The molecule has 1 aromatic heterocycles. The van der Waals surface area contributed by atoms with E-state index in [1.54, 1.807) is 0 Å². The average molecular weight is 289 g/mol. The molecule has 0 N–H and O–H groups in total. The van der Waals surface area contributed by atoms with Gasteiger partial charge in [0.1, 0.15) is 5.58 Å². The molecule has 2 heteroatoms. The molecule has 17 heavy (non-hydrogen) atoms. The van der Waals surface area contributed by atoms with E-state index in [9.17, 15) is 0 Å². The molecular formula is C15H13BrO. The van der Waals surface area contributed by atoms with Gasteiger partial charge < -0.3 is 4.42 Å². The van der Waals surface area contributed by atoms with Crippen LogP contribution in [0.3, 0.4) is 0 Å². The molecule has 0 aliphatic carbocycles. The lowest BCUT2D eigenvalue weighted by Crippen LogP contribution is -1.81. The van der Waals surface area contributed by atoms with Crippen molar-refractivity contribution in [2.45, 2.75) is 19.8 Å². The Balaban J connectivity index is 2.40. The Morgan fingerprint density at radius 3 is 2.88 bits per heavy atom. The topological polar surface area (TPSA) is 13.1 Å². The lowest BCUT2D eigenvalue weighted by Gasteiger charge is -2.02. The van der Waals surface area contributed by atoms with E-state index in [4.69, 9.17) is 4.42 Å². The van der Waals surface area contributed by atoms with Gasteiger partial charge >= 0.3 is 0 Å². The summed E-state index contributed by atoms with van der Waals surface area (Å²) in [5.74, 6) is 0. The summed E-state index contributed by atoms with van der Waals surface area (Å²) in [6, 6.07) is 10.6. The minimum Gasteiger partial charge on any atom is -0.464 e. The molecule has 86 valence electrons. The van der Waals surface area contributed by atoms with Crippen LogP contribution >= 0.6 is 15.9 Å². The fourth-order valence-corrected chi connectivity index (χ4v) is 2.74. The predicted molar refractivity (Wildman–Crippen MR) is 75.4 cm³/mol. The molecule has 0 saturated carbocycles. The molecule has 3 aromatic rings. The van der Waals surface area contributed by atoms with E-state index in [1.165, 1.54) is 21.7 Å². The zero-order valence-electron chi connectivity index (χ0n) is 9.66. The van der Waals surface area contributed by atoms with Gasteiger partial charge in [0.2, 0.25) is 0 Å². The number of hydrogen-bond donors (Lipinski definition) is 0.